The van der Waals surface area contributed by atoms with Crippen LogP contribution in [0.25, 0.3) is 22.4 Å². The molecule has 0 aliphatic carbocycles. The third-order valence-electron chi connectivity index (χ3n) is 4.90. The first-order valence-corrected chi connectivity index (χ1v) is 9.24. The molecule has 1 unspecified atom stereocenters. The number of aromatic nitrogens is 4. The van der Waals surface area contributed by atoms with Crippen LogP contribution >= 0.6 is 0 Å². The molecule has 0 saturated carbocycles. The monoisotopic (exact) mass is 388 g/mol. The van der Waals surface area contributed by atoms with Crippen LogP contribution in [0.4, 0.5) is 0 Å². The van der Waals surface area contributed by atoms with Crippen molar-refractivity contribution in [1.82, 2.24) is 19.1 Å². The standard InChI is InChI=1S/C22H20N4O3/c1-15(21(27)29-2)26-19-18(17-11-7-4-8-12-17)23-14-24-20(19)25(22(26)28)13-16-9-5-3-6-10-16/h3-12,14-15H,13H2,1-2H3. The van der Waals surface area contributed by atoms with E-state index in [-0.39, 0.29) is 5.69 Å². The van der Waals surface area contributed by atoms with Gasteiger partial charge in [-0.15, -0.1) is 0 Å². The van der Waals surface area contributed by atoms with Crippen molar-refractivity contribution in [3.05, 3.63) is 83.0 Å². The maximum absolute atomic E-state index is 13.4. The molecule has 29 heavy (non-hydrogen) atoms. The lowest BCUT2D eigenvalue weighted by Gasteiger charge is -2.12. The number of rotatable bonds is 5. The van der Waals surface area contributed by atoms with Gasteiger partial charge >= 0.3 is 11.7 Å². The van der Waals surface area contributed by atoms with Gasteiger partial charge in [0.05, 0.1) is 19.3 Å². The molecule has 0 aliphatic rings. The lowest BCUT2D eigenvalue weighted by molar-refractivity contribution is -0.144. The van der Waals surface area contributed by atoms with Gasteiger partial charge in [-0.05, 0) is 12.5 Å². The molecule has 1 atom stereocenters. The number of carbonyl (C=O) groups excluding carboxylic acids is 1. The van der Waals surface area contributed by atoms with Crippen LogP contribution < -0.4 is 5.69 Å². The molecule has 0 fully saturated rings. The summed E-state index contributed by atoms with van der Waals surface area (Å²) in [6.07, 6.45) is 1.44. The third-order valence-corrected chi connectivity index (χ3v) is 4.90. The Morgan fingerprint density at radius 2 is 1.69 bits per heavy atom. The fraction of sp³-hybridized carbons (Fsp3) is 0.182. The van der Waals surface area contributed by atoms with E-state index in [2.05, 4.69) is 9.97 Å². The highest BCUT2D eigenvalue weighted by Gasteiger charge is 2.26. The van der Waals surface area contributed by atoms with E-state index in [1.807, 2.05) is 60.7 Å². The van der Waals surface area contributed by atoms with Gasteiger partial charge in [-0.1, -0.05) is 60.7 Å². The molecule has 2 aromatic heterocycles. The van der Waals surface area contributed by atoms with Crippen molar-refractivity contribution < 1.29 is 9.53 Å². The zero-order valence-electron chi connectivity index (χ0n) is 16.1. The van der Waals surface area contributed by atoms with Crippen LogP contribution in [-0.2, 0) is 16.1 Å². The number of hydrogen-bond acceptors (Lipinski definition) is 5. The van der Waals surface area contributed by atoms with Gasteiger partial charge in [-0.2, -0.15) is 0 Å². The number of carbonyl (C=O) groups is 1. The predicted octanol–water partition coefficient (Wildman–Crippen LogP) is 3.04. The minimum absolute atomic E-state index is 0.334. The molecule has 4 rings (SSSR count). The molecule has 0 radical (unpaired) electrons. The summed E-state index contributed by atoms with van der Waals surface area (Å²) in [6, 6.07) is 18.4. The second-order valence-electron chi connectivity index (χ2n) is 6.68. The zero-order valence-corrected chi connectivity index (χ0v) is 16.1. The number of fused-ring (bicyclic) bond motifs is 1. The van der Waals surface area contributed by atoms with Crippen molar-refractivity contribution in [1.29, 1.82) is 0 Å². The molecule has 0 aliphatic heterocycles. The number of hydrogen-bond donors (Lipinski definition) is 0. The van der Waals surface area contributed by atoms with Crippen LogP contribution in [-0.4, -0.2) is 32.2 Å². The summed E-state index contributed by atoms with van der Waals surface area (Å²) in [5.41, 5.74) is 3.04. The summed E-state index contributed by atoms with van der Waals surface area (Å²) in [7, 11) is 1.31. The largest absolute Gasteiger partial charge is 0.467 e. The third kappa shape index (κ3) is 3.31. The fourth-order valence-corrected chi connectivity index (χ4v) is 3.46. The van der Waals surface area contributed by atoms with Crippen LogP contribution in [0.15, 0.2) is 71.8 Å². The number of nitrogens with zero attached hydrogens (tertiary/aromatic N) is 4. The van der Waals surface area contributed by atoms with E-state index >= 15 is 0 Å². The normalized spacial score (nSPS) is 12.1. The SMILES string of the molecule is COC(=O)C(C)n1c(=O)n(Cc2ccccc2)c2ncnc(-c3ccccc3)c21. The minimum atomic E-state index is -0.819. The predicted molar refractivity (Wildman–Crippen MR) is 109 cm³/mol. The number of methoxy groups -OCH3 is 1. The fourth-order valence-electron chi connectivity index (χ4n) is 3.46. The summed E-state index contributed by atoms with van der Waals surface area (Å²) in [6.45, 7) is 1.98. The Hall–Kier alpha value is -3.74. The van der Waals surface area contributed by atoms with Gasteiger partial charge < -0.3 is 4.74 Å². The topological polar surface area (TPSA) is 79.0 Å². The summed E-state index contributed by atoms with van der Waals surface area (Å²) < 4.78 is 7.89. The number of esters is 1. The summed E-state index contributed by atoms with van der Waals surface area (Å²) in [5, 5.41) is 0. The molecule has 7 heteroatoms. The number of imidazole rings is 1. The van der Waals surface area contributed by atoms with Crippen molar-refractivity contribution >= 4 is 17.1 Å². The first-order valence-electron chi connectivity index (χ1n) is 9.24. The number of ether oxygens (including phenoxy) is 1. The number of benzene rings is 2. The summed E-state index contributed by atoms with van der Waals surface area (Å²) in [4.78, 5) is 34.5. The van der Waals surface area contributed by atoms with Crippen molar-refractivity contribution in [2.24, 2.45) is 0 Å². The molecule has 0 bridgehead atoms. The molecule has 4 aromatic rings. The van der Waals surface area contributed by atoms with Gasteiger partial charge in [-0.3, -0.25) is 9.13 Å². The molecule has 146 valence electrons. The van der Waals surface area contributed by atoms with Crippen molar-refractivity contribution in [2.45, 2.75) is 19.5 Å². The Morgan fingerprint density at radius 3 is 2.34 bits per heavy atom. The highest BCUT2D eigenvalue weighted by molar-refractivity contribution is 5.89. The molecule has 2 aromatic carbocycles. The van der Waals surface area contributed by atoms with E-state index < -0.39 is 12.0 Å². The lowest BCUT2D eigenvalue weighted by atomic mass is 10.1. The van der Waals surface area contributed by atoms with Crippen LogP contribution in [0, 0.1) is 0 Å². The van der Waals surface area contributed by atoms with Gasteiger partial charge in [-0.25, -0.2) is 19.6 Å². The molecular weight excluding hydrogens is 368 g/mol. The maximum atomic E-state index is 13.4. The van der Waals surface area contributed by atoms with E-state index in [1.165, 1.54) is 18.0 Å². The van der Waals surface area contributed by atoms with Gasteiger partial charge in [0.1, 0.15) is 17.9 Å². The van der Waals surface area contributed by atoms with Gasteiger partial charge in [0.2, 0.25) is 0 Å². The second kappa shape index (κ2) is 7.71. The Kier molecular flexibility index (Phi) is 4.95. The molecule has 7 nitrogen and oxygen atoms in total. The maximum Gasteiger partial charge on any atom is 0.331 e. The molecule has 0 amide bonds. The highest BCUT2D eigenvalue weighted by Crippen LogP contribution is 2.27. The van der Waals surface area contributed by atoms with Crippen LogP contribution in [0.1, 0.15) is 18.5 Å². The van der Waals surface area contributed by atoms with E-state index in [0.29, 0.717) is 23.4 Å². The van der Waals surface area contributed by atoms with E-state index in [9.17, 15) is 9.59 Å². The van der Waals surface area contributed by atoms with Crippen LogP contribution in [0.3, 0.4) is 0 Å². The van der Waals surface area contributed by atoms with Gasteiger partial charge in [0, 0.05) is 5.56 Å². The first-order chi connectivity index (χ1) is 14.1. The Balaban J connectivity index is 2.02. The average Bonchev–Trinajstić information content (AvgIpc) is 3.05. The summed E-state index contributed by atoms with van der Waals surface area (Å²) in [5.74, 6) is -0.506. The second-order valence-corrected chi connectivity index (χ2v) is 6.68. The van der Waals surface area contributed by atoms with Crippen molar-refractivity contribution in [3.8, 4) is 11.3 Å². The molecule has 0 spiro atoms. The van der Waals surface area contributed by atoms with E-state index in [1.54, 1.807) is 11.5 Å². The van der Waals surface area contributed by atoms with Crippen molar-refractivity contribution in [3.63, 3.8) is 0 Å². The average molecular weight is 388 g/mol. The van der Waals surface area contributed by atoms with Crippen LogP contribution in [0.5, 0.6) is 0 Å². The molecular formula is C22H20N4O3. The molecule has 2 heterocycles. The van der Waals surface area contributed by atoms with Gasteiger partial charge in [0.25, 0.3) is 0 Å². The van der Waals surface area contributed by atoms with Crippen LogP contribution in [0.2, 0.25) is 0 Å². The summed E-state index contributed by atoms with van der Waals surface area (Å²) >= 11 is 0. The Bertz CT molecular complexity index is 1210. The van der Waals surface area contributed by atoms with E-state index in [4.69, 9.17) is 4.74 Å². The quantitative estimate of drug-likeness (QED) is 0.491. The minimum Gasteiger partial charge on any atom is -0.467 e. The van der Waals surface area contributed by atoms with Gasteiger partial charge in [0.15, 0.2) is 5.65 Å². The zero-order chi connectivity index (χ0) is 20.4. The molecule has 0 N–H and O–H groups in total. The Labute approximate surface area is 167 Å². The molecule has 0 saturated heterocycles. The smallest absolute Gasteiger partial charge is 0.331 e. The highest BCUT2D eigenvalue weighted by atomic mass is 16.5. The Morgan fingerprint density at radius 1 is 1.03 bits per heavy atom. The van der Waals surface area contributed by atoms with E-state index in [0.717, 1.165) is 11.1 Å². The van der Waals surface area contributed by atoms with Crippen molar-refractivity contribution in [2.75, 3.05) is 7.11 Å². The first kappa shape index (κ1) is 18.6. The lowest BCUT2D eigenvalue weighted by Crippen LogP contribution is -2.31.